The molecular weight excluding hydrogens is 775 g/mol. The molecule has 0 N–H and O–H groups in total. The van der Waals surface area contributed by atoms with Gasteiger partial charge in [0.05, 0.1) is 0 Å². The molecule has 0 radical (unpaired) electrons. The van der Waals surface area contributed by atoms with E-state index in [1.165, 1.54) is 40.7 Å². The van der Waals surface area contributed by atoms with Gasteiger partial charge in [0, 0.05) is 56.7 Å². The van der Waals surface area contributed by atoms with Crippen LogP contribution in [0.3, 0.4) is 0 Å². The van der Waals surface area contributed by atoms with Gasteiger partial charge < -0.3 is 0 Å². The fourth-order valence-corrected chi connectivity index (χ4v) is 5.09. The number of hydrogen-bond acceptors (Lipinski definition) is 1. The summed E-state index contributed by atoms with van der Waals surface area (Å²) in [6.45, 7) is 3.22. The first-order valence-corrected chi connectivity index (χ1v) is 11.9. The Morgan fingerprint density at radius 2 is 1.71 bits per heavy atom. The molecule has 0 bridgehead atoms. The summed E-state index contributed by atoms with van der Waals surface area (Å²) in [7, 11) is 0. The van der Waals surface area contributed by atoms with Crippen molar-refractivity contribution in [2.24, 2.45) is 0 Å². The number of rotatable bonds is 4. The fraction of sp³-hybridized carbons (Fsp3) is 0.471. The molecular formula is C17H20BrI2N3Pt. The van der Waals surface area contributed by atoms with Gasteiger partial charge >= 0.3 is 88.9 Å². The van der Waals surface area contributed by atoms with Crippen LogP contribution in [0.25, 0.3) is 0 Å². The number of hydrogen-bond donors (Lipinski definition) is 0. The SMILES string of the molecule is Brc1ccc(CN(I)I)cc1.Cc1cn(C2CC2)[c](=[Pt])n1C1CC1. The first-order chi connectivity index (χ1) is 11.5. The van der Waals surface area contributed by atoms with Crippen LogP contribution in [0, 0.1) is 10.7 Å². The van der Waals surface area contributed by atoms with E-state index in [4.69, 9.17) is 0 Å². The van der Waals surface area contributed by atoms with Crippen molar-refractivity contribution >= 4 is 61.7 Å². The number of nitrogens with zero attached hydrogens (tertiary/aromatic N) is 3. The number of benzene rings is 1. The summed E-state index contributed by atoms with van der Waals surface area (Å²) in [4.78, 5) is 0. The molecule has 134 valence electrons. The zero-order chi connectivity index (χ0) is 17.3. The Labute approximate surface area is 190 Å². The molecule has 2 saturated carbocycles. The van der Waals surface area contributed by atoms with Gasteiger partial charge in [-0.3, -0.25) is 0 Å². The molecule has 2 aliphatic carbocycles. The molecule has 7 heteroatoms. The van der Waals surface area contributed by atoms with Gasteiger partial charge in [0.1, 0.15) is 0 Å². The average molecular weight is 795 g/mol. The van der Waals surface area contributed by atoms with E-state index >= 15 is 0 Å². The van der Waals surface area contributed by atoms with Gasteiger partial charge in [-0.1, -0.05) is 28.1 Å². The van der Waals surface area contributed by atoms with Crippen molar-refractivity contribution in [3.63, 3.8) is 0 Å². The summed E-state index contributed by atoms with van der Waals surface area (Å²) in [5.74, 6) is 0. The van der Waals surface area contributed by atoms with Gasteiger partial charge in [0.15, 0.2) is 0 Å². The molecule has 0 spiro atoms. The summed E-state index contributed by atoms with van der Waals surface area (Å²) in [6.07, 6.45) is 7.87. The van der Waals surface area contributed by atoms with Crippen molar-refractivity contribution < 1.29 is 19.4 Å². The van der Waals surface area contributed by atoms with Gasteiger partial charge in [-0.15, -0.1) is 0 Å². The van der Waals surface area contributed by atoms with E-state index in [2.05, 4.69) is 129 Å². The number of imidazole rings is 1. The fourth-order valence-electron chi connectivity index (χ4n) is 2.66. The maximum atomic E-state index is 3.39. The summed E-state index contributed by atoms with van der Waals surface area (Å²) >= 11 is 10.4. The second-order valence-electron chi connectivity index (χ2n) is 6.34. The van der Waals surface area contributed by atoms with Crippen molar-refractivity contribution in [2.75, 3.05) is 0 Å². The molecule has 2 aliphatic rings. The summed E-state index contributed by atoms with van der Waals surface area (Å²) in [5, 5.41) is 0. The molecule has 2 fully saturated rings. The Kier molecular flexibility index (Phi) is 7.25. The molecule has 0 amide bonds. The number of halogens is 3. The van der Waals surface area contributed by atoms with E-state index in [1.54, 1.807) is 0 Å². The van der Waals surface area contributed by atoms with E-state index in [0.717, 1.165) is 23.1 Å². The zero-order valence-corrected chi connectivity index (χ0v) is 21.5. The second-order valence-corrected chi connectivity index (χ2v) is 12.4. The van der Waals surface area contributed by atoms with Crippen LogP contribution in [0.2, 0.25) is 0 Å². The van der Waals surface area contributed by atoms with Crippen LogP contribution >= 0.6 is 61.7 Å². The van der Waals surface area contributed by atoms with Crippen LogP contribution in [-0.2, 0) is 25.9 Å². The molecule has 1 aromatic heterocycles. The van der Waals surface area contributed by atoms with Crippen LogP contribution in [0.15, 0.2) is 34.9 Å². The summed E-state index contributed by atoms with van der Waals surface area (Å²) < 4.78 is 9.66. The molecule has 0 saturated heterocycles. The Morgan fingerprint density at radius 3 is 2.21 bits per heavy atom. The van der Waals surface area contributed by atoms with Crippen LogP contribution in [0.4, 0.5) is 0 Å². The van der Waals surface area contributed by atoms with Crippen LogP contribution in [-0.4, -0.2) is 10.5 Å². The molecule has 3 nitrogen and oxygen atoms in total. The first kappa shape index (κ1) is 19.8. The van der Waals surface area contributed by atoms with Crippen molar-refractivity contribution in [1.29, 1.82) is 0 Å². The number of aryl methyl sites for hydroxylation is 1. The zero-order valence-electron chi connectivity index (χ0n) is 13.4. The topological polar surface area (TPSA) is 13.1 Å². The molecule has 0 unspecified atom stereocenters. The van der Waals surface area contributed by atoms with Crippen LogP contribution < -0.4 is 0 Å². The molecule has 0 atom stereocenters. The quantitative estimate of drug-likeness (QED) is 0.262. The first-order valence-electron chi connectivity index (χ1n) is 8.04. The molecule has 2 aromatic rings. The van der Waals surface area contributed by atoms with Gasteiger partial charge in [-0.25, -0.2) is 0 Å². The Bertz CT molecular complexity index is 746. The van der Waals surface area contributed by atoms with Gasteiger partial charge in [-0.2, -0.15) is 1.33 Å². The third-order valence-electron chi connectivity index (χ3n) is 4.15. The van der Waals surface area contributed by atoms with Gasteiger partial charge in [-0.05, 0) is 17.7 Å². The summed E-state index contributed by atoms with van der Waals surface area (Å²) in [6, 6.07) is 10.0. The van der Waals surface area contributed by atoms with Crippen molar-refractivity contribution in [3.8, 4) is 0 Å². The van der Waals surface area contributed by atoms with E-state index in [-0.39, 0.29) is 0 Å². The Hall–Kier alpha value is 1.02. The van der Waals surface area contributed by atoms with E-state index in [1.807, 2.05) is 0 Å². The maximum absolute atomic E-state index is 3.39. The minimum atomic E-state index is 0.825. The molecule has 1 heterocycles. The summed E-state index contributed by atoms with van der Waals surface area (Å²) in [5.41, 5.74) is 2.77. The monoisotopic (exact) mass is 794 g/mol. The predicted molar refractivity (Wildman–Crippen MR) is 115 cm³/mol. The van der Waals surface area contributed by atoms with Crippen molar-refractivity contribution in [2.45, 2.75) is 51.2 Å². The Balaban J connectivity index is 0.000000144. The van der Waals surface area contributed by atoms with Crippen molar-refractivity contribution in [1.82, 2.24) is 10.5 Å². The van der Waals surface area contributed by atoms with E-state index in [9.17, 15) is 0 Å². The van der Waals surface area contributed by atoms with E-state index < -0.39 is 0 Å². The molecule has 24 heavy (non-hydrogen) atoms. The van der Waals surface area contributed by atoms with E-state index in [0.29, 0.717) is 0 Å². The molecule has 1 aromatic carbocycles. The van der Waals surface area contributed by atoms with Crippen LogP contribution in [0.5, 0.6) is 0 Å². The Morgan fingerprint density at radius 1 is 1.12 bits per heavy atom. The number of aromatic nitrogens is 2. The third kappa shape index (κ3) is 5.51. The van der Waals surface area contributed by atoms with Crippen molar-refractivity contribution in [3.05, 3.63) is 50.0 Å². The van der Waals surface area contributed by atoms with Gasteiger partial charge in [0.2, 0.25) is 0 Å². The van der Waals surface area contributed by atoms with Gasteiger partial charge in [0.25, 0.3) is 0 Å². The average Bonchev–Trinajstić information content (AvgIpc) is 3.42. The minimum absolute atomic E-state index is 0.825. The normalized spacial score (nSPS) is 17.0. The van der Waals surface area contributed by atoms with Crippen LogP contribution in [0.1, 0.15) is 49.0 Å². The molecule has 4 rings (SSSR count). The molecule has 0 aliphatic heterocycles. The standard InChI is InChI=1S/C10H14N2.C7H6BrI2N.Pt/c1-8-6-11(9-2-3-9)7-12(8)10-4-5-10;8-7-3-1-6(2-4-7)5-11(9)10;/h6,9-10H,2-5H2,1H3;1-4H,5H2;. The third-order valence-corrected chi connectivity index (χ3v) is 6.50. The predicted octanol–water partition coefficient (Wildman–Crippen LogP) is 6.30. The second kappa shape index (κ2) is 8.80.